The van der Waals surface area contributed by atoms with Crippen molar-refractivity contribution in [2.45, 2.75) is 19.1 Å². The van der Waals surface area contributed by atoms with Crippen LogP contribution in [0.15, 0.2) is 29.9 Å². The van der Waals surface area contributed by atoms with Gasteiger partial charge < -0.3 is 5.32 Å². The summed E-state index contributed by atoms with van der Waals surface area (Å²) >= 11 is 1.33. The highest BCUT2D eigenvalue weighted by Crippen LogP contribution is 2.34. The molecular formula is C13H12F4N2S. The molecular weight excluding hydrogens is 292 g/mol. The molecule has 1 aromatic carbocycles. The number of benzene rings is 1. The van der Waals surface area contributed by atoms with Crippen LogP contribution in [-0.2, 0) is 6.18 Å². The van der Waals surface area contributed by atoms with Crippen LogP contribution in [0.1, 0.15) is 29.0 Å². The summed E-state index contributed by atoms with van der Waals surface area (Å²) in [5, 5.41) is 3.08. The summed E-state index contributed by atoms with van der Waals surface area (Å²) in [4.78, 5) is 4.71. The molecule has 20 heavy (non-hydrogen) atoms. The monoisotopic (exact) mass is 304 g/mol. The molecule has 1 unspecified atom stereocenters. The van der Waals surface area contributed by atoms with Crippen LogP contribution in [0.3, 0.4) is 0 Å². The number of nitrogens with zero attached hydrogens (tertiary/aromatic N) is 1. The number of alkyl halides is 3. The molecule has 1 aromatic heterocycles. The molecule has 2 rings (SSSR count). The van der Waals surface area contributed by atoms with Gasteiger partial charge in [-0.2, -0.15) is 13.2 Å². The molecule has 0 spiro atoms. The van der Waals surface area contributed by atoms with E-state index < -0.39 is 23.6 Å². The van der Waals surface area contributed by atoms with Gasteiger partial charge in [0.25, 0.3) is 0 Å². The third kappa shape index (κ3) is 3.16. The van der Waals surface area contributed by atoms with E-state index in [1.54, 1.807) is 11.7 Å². The van der Waals surface area contributed by atoms with Gasteiger partial charge in [0.1, 0.15) is 5.82 Å². The molecule has 1 heterocycles. The molecule has 0 fully saturated rings. The fourth-order valence-electron chi connectivity index (χ4n) is 1.89. The van der Waals surface area contributed by atoms with Crippen LogP contribution in [0, 0.1) is 5.82 Å². The highest BCUT2D eigenvalue weighted by molar-refractivity contribution is 7.09. The zero-order valence-corrected chi connectivity index (χ0v) is 11.4. The minimum Gasteiger partial charge on any atom is -0.306 e. The second-order valence-electron chi connectivity index (χ2n) is 4.13. The second-order valence-corrected chi connectivity index (χ2v) is 5.05. The van der Waals surface area contributed by atoms with E-state index in [9.17, 15) is 17.6 Å². The first-order chi connectivity index (χ1) is 9.43. The Morgan fingerprint density at radius 2 is 2.10 bits per heavy atom. The Hall–Kier alpha value is -1.47. The number of thiazole rings is 1. The highest BCUT2D eigenvalue weighted by Gasteiger charge is 2.34. The van der Waals surface area contributed by atoms with Gasteiger partial charge in [0, 0.05) is 11.1 Å². The van der Waals surface area contributed by atoms with Crippen molar-refractivity contribution < 1.29 is 17.6 Å². The smallest absolute Gasteiger partial charge is 0.306 e. The third-order valence-electron chi connectivity index (χ3n) is 2.77. The summed E-state index contributed by atoms with van der Waals surface area (Å²) < 4.78 is 51.6. The summed E-state index contributed by atoms with van der Waals surface area (Å²) in [6.07, 6.45) is -3.11. The van der Waals surface area contributed by atoms with Crippen molar-refractivity contribution in [2.24, 2.45) is 0 Å². The van der Waals surface area contributed by atoms with E-state index in [1.165, 1.54) is 17.4 Å². The van der Waals surface area contributed by atoms with Gasteiger partial charge in [-0.25, -0.2) is 4.39 Å². The Kier molecular flexibility index (Phi) is 4.39. The fraction of sp³-hybridized carbons (Fsp3) is 0.308. The lowest BCUT2D eigenvalue weighted by atomic mass is 10.0. The first kappa shape index (κ1) is 14.9. The van der Waals surface area contributed by atoms with Crippen molar-refractivity contribution in [1.29, 1.82) is 0 Å². The maximum atomic E-state index is 13.3. The van der Waals surface area contributed by atoms with E-state index in [-0.39, 0.29) is 0 Å². The van der Waals surface area contributed by atoms with E-state index in [0.717, 1.165) is 17.0 Å². The Labute approximate surface area is 117 Å². The van der Waals surface area contributed by atoms with Gasteiger partial charge in [-0.1, -0.05) is 13.0 Å². The third-order valence-corrected chi connectivity index (χ3v) is 3.61. The minimum atomic E-state index is -4.70. The van der Waals surface area contributed by atoms with Gasteiger partial charge in [0.05, 0.1) is 17.1 Å². The lowest BCUT2D eigenvalue weighted by Gasteiger charge is -2.18. The number of aromatic nitrogens is 1. The number of halogens is 4. The lowest BCUT2D eigenvalue weighted by Crippen LogP contribution is -2.22. The Morgan fingerprint density at radius 3 is 2.65 bits per heavy atom. The van der Waals surface area contributed by atoms with Crippen molar-refractivity contribution in [3.63, 3.8) is 0 Å². The number of rotatable bonds is 4. The molecule has 0 bridgehead atoms. The zero-order chi connectivity index (χ0) is 14.8. The molecule has 0 saturated heterocycles. The van der Waals surface area contributed by atoms with Crippen molar-refractivity contribution in [3.05, 3.63) is 51.7 Å². The van der Waals surface area contributed by atoms with Crippen LogP contribution >= 0.6 is 11.3 Å². The molecule has 0 aliphatic rings. The topological polar surface area (TPSA) is 24.9 Å². The van der Waals surface area contributed by atoms with Gasteiger partial charge >= 0.3 is 6.18 Å². The molecule has 0 aliphatic heterocycles. The maximum absolute atomic E-state index is 13.3. The largest absolute Gasteiger partial charge is 0.419 e. The zero-order valence-electron chi connectivity index (χ0n) is 10.5. The van der Waals surface area contributed by atoms with Crippen LogP contribution in [0.2, 0.25) is 0 Å². The average molecular weight is 304 g/mol. The normalized spacial score (nSPS) is 13.4. The fourth-order valence-corrected chi connectivity index (χ4v) is 2.62. The number of hydrogen-bond donors (Lipinski definition) is 1. The number of hydrogen-bond acceptors (Lipinski definition) is 3. The summed E-state index contributed by atoms with van der Waals surface area (Å²) in [5.41, 5.74) is 0.723. The molecule has 7 heteroatoms. The molecule has 0 saturated carbocycles. The Bertz CT molecular complexity index is 566. The SMILES string of the molecule is CCNC(c1ccc(F)c(C(F)(F)F)c1)c1cncs1. The predicted octanol–water partition coefficient (Wildman–Crippen LogP) is 4.00. The predicted molar refractivity (Wildman–Crippen MR) is 69.0 cm³/mol. The summed E-state index contributed by atoms with van der Waals surface area (Å²) in [5.74, 6) is -1.26. The molecule has 1 atom stereocenters. The quantitative estimate of drug-likeness (QED) is 0.864. The average Bonchev–Trinajstić information content (AvgIpc) is 2.89. The van der Waals surface area contributed by atoms with E-state index >= 15 is 0 Å². The van der Waals surface area contributed by atoms with Gasteiger partial charge in [-0.15, -0.1) is 11.3 Å². The number of nitrogens with one attached hydrogen (secondary N) is 1. The first-order valence-electron chi connectivity index (χ1n) is 5.92. The molecule has 108 valence electrons. The van der Waals surface area contributed by atoms with Crippen molar-refractivity contribution in [1.82, 2.24) is 10.3 Å². The van der Waals surface area contributed by atoms with Crippen molar-refractivity contribution >= 4 is 11.3 Å². The Balaban J connectivity index is 2.45. The van der Waals surface area contributed by atoms with Crippen LogP contribution < -0.4 is 5.32 Å². The van der Waals surface area contributed by atoms with E-state index in [2.05, 4.69) is 10.3 Å². The van der Waals surface area contributed by atoms with Gasteiger partial charge in [0.2, 0.25) is 0 Å². The molecule has 0 aliphatic carbocycles. The van der Waals surface area contributed by atoms with Gasteiger partial charge in [0.15, 0.2) is 0 Å². The first-order valence-corrected chi connectivity index (χ1v) is 6.80. The summed E-state index contributed by atoms with van der Waals surface area (Å²) in [6.45, 7) is 2.42. The van der Waals surface area contributed by atoms with Crippen LogP contribution in [0.5, 0.6) is 0 Å². The summed E-state index contributed by atoms with van der Waals surface area (Å²) in [7, 11) is 0. The minimum absolute atomic E-state index is 0.366. The summed E-state index contributed by atoms with van der Waals surface area (Å²) in [6, 6.07) is 2.64. The highest BCUT2D eigenvalue weighted by atomic mass is 32.1. The van der Waals surface area contributed by atoms with Gasteiger partial charge in [-0.05, 0) is 24.2 Å². The van der Waals surface area contributed by atoms with Crippen molar-refractivity contribution in [3.8, 4) is 0 Å². The van der Waals surface area contributed by atoms with E-state index in [0.29, 0.717) is 12.1 Å². The van der Waals surface area contributed by atoms with Gasteiger partial charge in [-0.3, -0.25) is 4.98 Å². The molecule has 0 radical (unpaired) electrons. The lowest BCUT2D eigenvalue weighted by molar-refractivity contribution is -0.140. The van der Waals surface area contributed by atoms with E-state index in [1.807, 2.05) is 6.92 Å². The second kappa shape index (κ2) is 5.88. The van der Waals surface area contributed by atoms with Crippen LogP contribution in [0.25, 0.3) is 0 Å². The van der Waals surface area contributed by atoms with Crippen molar-refractivity contribution in [2.75, 3.05) is 6.54 Å². The standard InChI is InChI=1S/C13H12F4N2S/c1-2-19-12(11-6-18-7-20-11)8-3-4-10(14)9(5-8)13(15,16)17/h3-7,12,19H,2H2,1H3. The molecule has 2 nitrogen and oxygen atoms in total. The molecule has 1 N–H and O–H groups in total. The van der Waals surface area contributed by atoms with E-state index in [4.69, 9.17) is 0 Å². The van der Waals surface area contributed by atoms with Crippen LogP contribution in [-0.4, -0.2) is 11.5 Å². The maximum Gasteiger partial charge on any atom is 0.419 e. The Morgan fingerprint density at radius 1 is 1.35 bits per heavy atom. The van der Waals surface area contributed by atoms with Crippen LogP contribution in [0.4, 0.5) is 17.6 Å². The molecule has 0 amide bonds. The molecule has 2 aromatic rings.